The first-order valence-electron chi connectivity index (χ1n) is 8.31. The molecular weight excluding hydrogens is 367 g/mol. The first kappa shape index (κ1) is 19.3. The average Bonchev–Trinajstić information content (AvgIpc) is 3.09. The lowest BCUT2D eigenvalue weighted by Gasteiger charge is -2.17. The quantitative estimate of drug-likeness (QED) is 0.423. The first-order chi connectivity index (χ1) is 13.1. The van der Waals surface area contributed by atoms with Gasteiger partial charge < -0.3 is 24.5 Å². The van der Waals surface area contributed by atoms with Gasteiger partial charge in [-0.15, -0.1) is 11.8 Å². The number of hydrogen-bond acceptors (Lipinski definition) is 7. The molecule has 0 radical (unpaired) electrons. The Morgan fingerprint density at radius 1 is 1.30 bits per heavy atom. The molecule has 0 aliphatic heterocycles. The van der Waals surface area contributed by atoms with Crippen LogP contribution >= 0.6 is 11.8 Å². The number of para-hydroxylation sites is 1. The Balaban J connectivity index is 1.61. The van der Waals surface area contributed by atoms with Crippen molar-refractivity contribution in [2.75, 3.05) is 6.26 Å². The van der Waals surface area contributed by atoms with Gasteiger partial charge in [0.2, 0.25) is 0 Å². The first-order valence-corrected chi connectivity index (χ1v) is 9.53. The van der Waals surface area contributed by atoms with Gasteiger partial charge in [-0.25, -0.2) is 9.78 Å². The maximum absolute atomic E-state index is 12.1. The largest absolute Gasteiger partial charge is 0.475 e. The minimum Gasteiger partial charge on any atom is -0.464 e. The third-order valence-corrected chi connectivity index (χ3v) is 4.65. The minimum atomic E-state index is -1.75. The fourth-order valence-corrected chi connectivity index (χ4v) is 3.07. The highest BCUT2D eigenvalue weighted by atomic mass is 32.2. The molecule has 0 spiro atoms. The molecule has 27 heavy (non-hydrogen) atoms. The van der Waals surface area contributed by atoms with Crippen LogP contribution in [0.3, 0.4) is 0 Å². The smallest absolute Gasteiger partial charge is 0.464 e. The predicted octanol–water partition coefficient (Wildman–Crippen LogP) is 2.40. The van der Waals surface area contributed by atoms with E-state index in [4.69, 9.17) is 9.15 Å². The lowest BCUT2D eigenvalue weighted by atomic mass is 9.76. The van der Waals surface area contributed by atoms with Gasteiger partial charge in [-0.2, -0.15) is 0 Å². The fraction of sp³-hybridized carbons (Fsp3) is 0.222. The molecule has 3 aromatic rings. The van der Waals surface area contributed by atoms with Crippen LogP contribution in [0, 0.1) is 0 Å². The van der Waals surface area contributed by atoms with E-state index >= 15 is 0 Å². The molecule has 0 saturated heterocycles. The number of carbonyl (C=O) groups is 1. The Bertz CT molecular complexity index is 917. The number of thioether (sulfide) groups is 1. The summed E-state index contributed by atoms with van der Waals surface area (Å²) in [5.74, 6) is -0.941. The maximum atomic E-state index is 12.1. The van der Waals surface area contributed by atoms with Crippen molar-refractivity contribution in [3.05, 3.63) is 60.0 Å². The van der Waals surface area contributed by atoms with Gasteiger partial charge in [0.25, 0.3) is 0 Å². The second kappa shape index (κ2) is 8.94. The zero-order valence-electron chi connectivity index (χ0n) is 14.7. The van der Waals surface area contributed by atoms with Crippen molar-refractivity contribution in [3.63, 3.8) is 0 Å². The molecule has 1 aromatic carbocycles. The number of pyridine rings is 1. The Kier molecular flexibility index (Phi) is 6.38. The van der Waals surface area contributed by atoms with Gasteiger partial charge in [-0.3, -0.25) is 0 Å². The van der Waals surface area contributed by atoms with E-state index in [1.807, 2.05) is 42.7 Å². The zero-order valence-corrected chi connectivity index (χ0v) is 15.5. The van der Waals surface area contributed by atoms with Crippen molar-refractivity contribution in [3.8, 4) is 0 Å². The molecule has 3 N–H and O–H groups in total. The van der Waals surface area contributed by atoms with Crippen LogP contribution in [-0.4, -0.2) is 40.4 Å². The number of hydrogen-bond donors (Lipinski definition) is 3. The predicted molar refractivity (Wildman–Crippen MR) is 103 cm³/mol. The molecule has 0 saturated carbocycles. The summed E-state index contributed by atoms with van der Waals surface area (Å²) in [6.45, 7) is -0.0108. The van der Waals surface area contributed by atoms with Gasteiger partial charge in [0.05, 0.1) is 22.9 Å². The fourth-order valence-electron chi connectivity index (χ4n) is 2.64. The SMILES string of the molecule is CSc1cccc(COC(=O)NC(Cc2coc3ccccc23)B(O)O)n1. The maximum Gasteiger partial charge on any atom is 0.475 e. The van der Waals surface area contributed by atoms with Crippen LogP contribution in [0.5, 0.6) is 0 Å². The topological polar surface area (TPSA) is 105 Å². The van der Waals surface area contributed by atoms with Crippen molar-refractivity contribution in [2.45, 2.75) is 24.0 Å². The van der Waals surface area contributed by atoms with E-state index in [1.54, 1.807) is 12.3 Å². The number of nitrogens with one attached hydrogen (secondary N) is 1. The van der Waals surface area contributed by atoms with Crippen LogP contribution in [0.4, 0.5) is 4.79 Å². The van der Waals surface area contributed by atoms with Gasteiger partial charge in [-0.05, 0) is 36.4 Å². The summed E-state index contributed by atoms with van der Waals surface area (Å²) in [5.41, 5.74) is 2.07. The van der Waals surface area contributed by atoms with Crippen molar-refractivity contribution < 1.29 is 24.0 Å². The van der Waals surface area contributed by atoms with Crippen molar-refractivity contribution >= 4 is 35.9 Å². The number of furan rings is 1. The summed E-state index contributed by atoms with van der Waals surface area (Å²) in [4.78, 5) is 16.4. The van der Waals surface area contributed by atoms with Gasteiger partial charge in [0.1, 0.15) is 12.2 Å². The second-order valence-corrected chi connectivity index (χ2v) is 6.70. The lowest BCUT2D eigenvalue weighted by molar-refractivity contribution is 0.135. The van der Waals surface area contributed by atoms with Gasteiger partial charge in [0, 0.05) is 5.39 Å². The average molecular weight is 386 g/mol. The molecule has 2 aromatic heterocycles. The van der Waals surface area contributed by atoms with Crippen molar-refractivity contribution in [2.24, 2.45) is 0 Å². The molecule has 140 valence electrons. The number of rotatable bonds is 7. The number of amides is 1. The number of benzene rings is 1. The van der Waals surface area contributed by atoms with E-state index in [-0.39, 0.29) is 13.0 Å². The Hall–Kier alpha value is -2.49. The Morgan fingerprint density at radius 2 is 2.11 bits per heavy atom. The summed E-state index contributed by atoms with van der Waals surface area (Å²) in [5, 5.41) is 23.4. The number of nitrogens with zero attached hydrogens (tertiary/aromatic N) is 1. The van der Waals surface area contributed by atoms with Crippen LogP contribution in [0.25, 0.3) is 11.0 Å². The third kappa shape index (κ3) is 5.03. The molecule has 9 heteroatoms. The Morgan fingerprint density at radius 3 is 2.89 bits per heavy atom. The zero-order chi connectivity index (χ0) is 19.2. The number of alkyl carbamates (subject to hydrolysis) is 1. The standard InChI is InChI=1S/C18H19BN2O5S/c1-27-17-8-4-5-13(20-17)11-26-18(22)21-16(19(23)24)9-12-10-25-15-7-3-2-6-14(12)15/h2-8,10,16,23-24H,9,11H2,1H3,(H,21,22). The third-order valence-electron chi connectivity index (χ3n) is 4.01. The van der Waals surface area contributed by atoms with E-state index in [0.29, 0.717) is 11.3 Å². The minimum absolute atomic E-state index is 0.0108. The van der Waals surface area contributed by atoms with E-state index in [1.165, 1.54) is 11.8 Å². The van der Waals surface area contributed by atoms with Crippen LogP contribution < -0.4 is 5.32 Å². The summed E-state index contributed by atoms with van der Waals surface area (Å²) in [6, 6.07) is 12.9. The highest BCUT2D eigenvalue weighted by Gasteiger charge is 2.27. The van der Waals surface area contributed by atoms with Crippen LogP contribution in [-0.2, 0) is 17.8 Å². The molecule has 2 heterocycles. The molecule has 0 bridgehead atoms. The van der Waals surface area contributed by atoms with E-state index in [2.05, 4.69) is 10.3 Å². The number of ether oxygens (including phenoxy) is 1. The number of aromatic nitrogens is 1. The van der Waals surface area contributed by atoms with Crippen LogP contribution in [0.1, 0.15) is 11.3 Å². The second-order valence-electron chi connectivity index (χ2n) is 5.87. The monoisotopic (exact) mass is 386 g/mol. The normalized spacial score (nSPS) is 12.0. The molecule has 0 aliphatic rings. The lowest BCUT2D eigenvalue weighted by Crippen LogP contribution is -2.48. The highest BCUT2D eigenvalue weighted by molar-refractivity contribution is 7.98. The van der Waals surface area contributed by atoms with Gasteiger partial charge in [0.15, 0.2) is 0 Å². The summed E-state index contributed by atoms with van der Waals surface area (Å²) < 4.78 is 10.6. The molecule has 1 atom stereocenters. The van der Waals surface area contributed by atoms with Crippen LogP contribution in [0.15, 0.2) is 58.2 Å². The molecule has 7 nitrogen and oxygen atoms in total. The molecule has 0 fully saturated rings. The van der Waals surface area contributed by atoms with Gasteiger partial charge >= 0.3 is 13.2 Å². The Labute approximate surface area is 160 Å². The highest BCUT2D eigenvalue weighted by Crippen LogP contribution is 2.22. The van der Waals surface area contributed by atoms with Crippen LogP contribution in [0.2, 0.25) is 0 Å². The number of fused-ring (bicyclic) bond motifs is 1. The summed E-state index contributed by atoms with van der Waals surface area (Å²) in [6.07, 6.45) is 2.89. The molecule has 0 aliphatic carbocycles. The summed E-state index contributed by atoms with van der Waals surface area (Å²) >= 11 is 1.49. The van der Waals surface area contributed by atoms with Crippen molar-refractivity contribution in [1.29, 1.82) is 0 Å². The number of carbonyl (C=O) groups excluding carboxylic acids is 1. The molecule has 1 unspecified atom stereocenters. The molecule has 1 amide bonds. The molecule has 3 rings (SSSR count). The molecular formula is C18H19BN2O5S. The van der Waals surface area contributed by atoms with Gasteiger partial charge in [-0.1, -0.05) is 24.3 Å². The van der Waals surface area contributed by atoms with E-state index in [0.717, 1.165) is 16.0 Å². The van der Waals surface area contributed by atoms with Crippen molar-refractivity contribution in [1.82, 2.24) is 10.3 Å². The van der Waals surface area contributed by atoms with E-state index < -0.39 is 19.2 Å². The summed E-state index contributed by atoms with van der Waals surface area (Å²) in [7, 11) is -1.75. The van der Waals surface area contributed by atoms with E-state index in [9.17, 15) is 14.8 Å².